The molecule has 7 heteroatoms. The number of likely N-dealkylation sites (tertiary alicyclic amines) is 1. The van der Waals surface area contributed by atoms with Crippen LogP contribution in [0.15, 0.2) is 10.7 Å². The summed E-state index contributed by atoms with van der Waals surface area (Å²) in [5.74, 6) is 1.06. The fraction of sp³-hybridized carbons (Fsp3) is 0.706. The van der Waals surface area contributed by atoms with E-state index in [0.29, 0.717) is 18.7 Å². The number of fused-ring (bicyclic) bond motifs is 1. The van der Waals surface area contributed by atoms with Gasteiger partial charge in [-0.3, -0.25) is 4.90 Å². The fourth-order valence-corrected chi connectivity index (χ4v) is 3.74. The van der Waals surface area contributed by atoms with Crippen LogP contribution in [0.3, 0.4) is 0 Å². The van der Waals surface area contributed by atoms with Crippen molar-refractivity contribution >= 4 is 0 Å². The van der Waals surface area contributed by atoms with Gasteiger partial charge in [0.25, 0.3) is 0 Å². The molecule has 0 radical (unpaired) electrons. The Labute approximate surface area is 141 Å². The molecule has 1 N–H and O–H groups in total. The quantitative estimate of drug-likeness (QED) is 0.920. The molecule has 0 aromatic carbocycles. The molecule has 0 amide bonds. The van der Waals surface area contributed by atoms with Crippen molar-refractivity contribution in [2.45, 2.75) is 64.1 Å². The van der Waals surface area contributed by atoms with Crippen LogP contribution in [0.25, 0.3) is 0 Å². The molecule has 2 aromatic heterocycles. The van der Waals surface area contributed by atoms with Gasteiger partial charge in [-0.15, -0.1) is 5.10 Å². The predicted octanol–water partition coefficient (Wildman–Crippen LogP) is 1.82. The Balaban J connectivity index is 1.47. The molecule has 0 spiro atoms. The topological polar surface area (TPSA) is 80.2 Å². The Morgan fingerprint density at radius 1 is 1.33 bits per heavy atom. The lowest BCUT2D eigenvalue weighted by atomic mass is 9.96. The number of aryl methyl sites for hydroxylation is 1. The van der Waals surface area contributed by atoms with E-state index < -0.39 is 5.60 Å². The molecule has 24 heavy (non-hydrogen) atoms. The van der Waals surface area contributed by atoms with Gasteiger partial charge in [-0.1, -0.05) is 10.4 Å². The summed E-state index contributed by atoms with van der Waals surface area (Å²) >= 11 is 0. The van der Waals surface area contributed by atoms with Crippen molar-refractivity contribution in [1.29, 1.82) is 0 Å². The van der Waals surface area contributed by atoms with Crippen molar-refractivity contribution in [3.63, 3.8) is 0 Å². The smallest absolute Gasteiger partial charge is 0.140 e. The number of rotatable bonds is 4. The van der Waals surface area contributed by atoms with Gasteiger partial charge in [-0.2, -0.15) is 0 Å². The first-order chi connectivity index (χ1) is 11.5. The molecule has 7 nitrogen and oxygen atoms in total. The summed E-state index contributed by atoms with van der Waals surface area (Å²) in [6, 6.07) is 0.244. The van der Waals surface area contributed by atoms with Gasteiger partial charge in [0, 0.05) is 37.7 Å². The summed E-state index contributed by atoms with van der Waals surface area (Å²) in [5, 5.41) is 23.6. The Kier molecular flexibility index (Phi) is 3.92. The molecule has 4 rings (SSSR count). The highest BCUT2D eigenvalue weighted by Crippen LogP contribution is 2.33. The van der Waals surface area contributed by atoms with E-state index in [4.69, 9.17) is 4.52 Å². The molecule has 0 saturated carbocycles. The highest BCUT2D eigenvalue weighted by Gasteiger charge is 2.40. The van der Waals surface area contributed by atoms with Crippen LogP contribution in [-0.2, 0) is 25.0 Å². The van der Waals surface area contributed by atoms with E-state index >= 15 is 0 Å². The molecular formula is C17H25N5O2. The predicted molar refractivity (Wildman–Crippen MR) is 87.3 cm³/mol. The first-order valence-corrected chi connectivity index (χ1v) is 8.88. The van der Waals surface area contributed by atoms with Crippen molar-refractivity contribution in [3.8, 4) is 0 Å². The zero-order chi connectivity index (χ0) is 16.7. The largest absolute Gasteiger partial charge is 0.382 e. The number of aliphatic hydroxyl groups is 1. The highest BCUT2D eigenvalue weighted by molar-refractivity contribution is 5.25. The minimum absolute atomic E-state index is 0.244. The SMILES string of the molecule is CC(C)n1cc([C@]2(O)CCN(Cc3noc4c3CCCC4)C2)nn1. The number of aromatic nitrogens is 4. The number of nitrogens with zero attached hydrogens (tertiary/aromatic N) is 5. The molecule has 2 aromatic rings. The summed E-state index contributed by atoms with van der Waals surface area (Å²) in [7, 11) is 0. The third-order valence-electron chi connectivity index (χ3n) is 5.25. The molecule has 0 unspecified atom stereocenters. The maximum atomic E-state index is 11.0. The lowest BCUT2D eigenvalue weighted by molar-refractivity contribution is 0.0405. The fourth-order valence-electron chi connectivity index (χ4n) is 3.74. The first kappa shape index (κ1) is 15.8. The van der Waals surface area contributed by atoms with E-state index in [-0.39, 0.29) is 6.04 Å². The lowest BCUT2D eigenvalue weighted by Crippen LogP contribution is -2.31. The Hall–Kier alpha value is -1.73. The molecule has 3 heterocycles. The van der Waals surface area contributed by atoms with Gasteiger partial charge in [0.05, 0.1) is 6.20 Å². The third-order valence-corrected chi connectivity index (χ3v) is 5.25. The minimum Gasteiger partial charge on any atom is -0.382 e. The summed E-state index contributed by atoms with van der Waals surface area (Å²) in [6.45, 7) is 6.23. The molecular weight excluding hydrogens is 306 g/mol. The monoisotopic (exact) mass is 331 g/mol. The molecule has 1 aliphatic carbocycles. The van der Waals surface area contributed by atoms with E-state index in [1.165, 1.54) is 18.4 Å². The van der Waals surface area contributed by atoms with Crippen LogP contribution >= 0.6 is 0 Å². The van der Waals surface area contributed by atoms with Crippen molar-refractivity contribution in [2.24, 2.45) is 0 Å². The van der Waals surface area contributed by atoms with Crippen LogP contribution < -0.4 is 0 Å². The van der Waals surface area contributed by atoms with Gasteiger partial charge in [0.15, 0.2) is 0 Å². The summed E-state index contributed by atoms with van der Waals surface area (Å²) in [4.78, 5) is 2.24. The molecule has 1 fully saturated rings. The summed E-state index contributed by atoms with van der Waals surface area (Å²) < 4.78 is 7.29. The number of hydrogen-bond donors (Lipinski definition) is 1. The third kappa shape index (κ3) is 2.75. The van der Waals surface area contributed by atoms with Crippen LogP contribution in [0.2, 0.25) is 0 Å². The van der Waals surface area contributed by atoms with Crippen LogP contribution in [-0.4, -0.2) is 43.2 Å². The van der Waals surface area contributed by atoms with Crippen molar-refractivity contribution in [2.75, 3.05) is 13.1 Å². The Morgan fingerprint density at radius 2 is 2.17 bits per heavy atom. The second kappa shape index (κ2) is 5.97. The van der Waals surface area contributed by atoms with Crippen LogP contribution in [0, 0.1) is 0 Å². The first-order valence-electron chi connectivity index (χ1n) is 8.88. The average Bonchev–Trinajstić information content (AvgIpc) is 3.28. The normalized spacial score (nSPS) is 24.7. The molecule has 2 aliphatic rings. The Morgan fingerprint density at radius 3 is 2.96 bits per heavy atom. The summed E-state index contributed by atoms with van der Waals surface area (Å²) in [6.07, 6.45) is 7.01. The lowest BCUT2D eigenvalue weighted by Gasteiger charge is -2.21. The van der Waals surface area contributed by atoms with Crippen molar-refractivity contribution < 1.29 is 9.63 Å². The van der Waals surface area contributed by atoms with Gasteiger partial charge >= 0.3 is 0 Å². The average molecular weight is 331 g/mol. The highest BCUT2D eigenvalue weighted by atomic mass is 16.5. The zero-order valence-corrected chi connectivity index (χ0v) is 14.4. The van der Waals surface area contributed by atoms with Crippen molar-refractivity contribution in [3.05, 3.63) is 28.9 Å². The van der Waals surface area contributed by atoms with Crippen LogP contribution in [0.4, 0.5) is 0 Å². The van der Waals surface area contributed by atoms with Crippen LogP contribution in [0.1, 0.15) is 61.9 Å². The number of hydrogen-bond acceptors (Lipinski definition) is 6. The van der Waals surface area contributed by atoms with Gasteiger partial charge in [0.1, 0.15) is 22.7 Å². The molecule has 1 atom stereocenters. The minimum atomic E-state index is -0.920. The van der Waals surface area contributed by atoms with E-state index in [9.17, 15) is 5.11 Å². The maximum absolute atomic E-state index is 11.0. The van der Waals surface area contributed by atoms with E-state index in [1.807, 2.05) is 6.20 Å². The maximum Gasteiger partial charge on any atom is 0.140 e. The van der Waals surface area contributed by atoms with E-state index in [0.717, 1.165) is 37.4 Å². The second-order valence-electron chi connectivity index (χ2n) is 7.41. The number of β-amino-alcohol motifs (C(OH)–C–C–N with tert-alkyl or cyclic N) is 1. The molecule has 0 bridgehead atoms. The molecule has 130 valence electrons. The standard InChI is InChI=1S/C17H25N5O2/c1-12(2)22-10-16(18-20-22)17(23)7-8-21(11-17)9-14-13-5-3-4-6-15(13)24-19-14/h10,12,23H,3-9,11H2,1-2H3/t17-/m0/s1. The van der Waals surface area contributed by atoms with Gasteiger partial charge < -0.3 is 9.63 Å². The zero-order valence-electron chi connectivity index (χ0n) is 14.4. The van der Waals surface area contributed by atoms with Crippen molar-refractivity contribution in [1.82, 2.24) is 25.1 Å². The van der Waals surface area contributed by atoms with Crippen LogP contribution in [0.5, 0.6) is 0 Å². The van der Waals surface area contributed by atoms with Gasteiger partial charge in [-0.25, -0.2) is 4.68 Å². The molecule has 1 saturated heterocycles. The molecule has 1 aliphatic heterocycles. The van der Waals surface area contributed by atoms with E-state index in [2.05, 4.69) is 34.2 Å². The Bertz CT molecular complexity index is 722. The van der Waals surface area contributed by atoms with Gasteiger partial charge in [-0.05, 0) is 39.5 Å². The van der Waals surface area contributed by atoms with Gasteiger partial charge in [0.2, 0.25) is 0 Å². The van der Waals surface area contributed by atoms with E-state index in [1.54, 1.807) is 4.68 Å². The second-order valence-corrected chi connectivity index (χ2v) is 7.41. The summed E-state index contributed by atoms with van der Waals surface area (Å²) in [5.41, 5.74) is 2.08.